The molecule has 1 N–H and O–H groups in total. The maximum atomic E-state index is 11.4. The second kappa shape index (κ2) is 15.0. The van der Waals surface area contributed by atoms with Crippen molar-refractivity contribution in [3.05, 3.63) is 35.9 Å². The molecule has 0 heterocycles. The summed E-state index contributed by atoms with van der Waals surface area (Å²) in [5.41, 5.74) is 0.360. The van der Waals surface area contributed by atoms with E-state index in [1.807, 2.05) is 13.8 Å². The van der Waals surface area contributed by atoms with Gasteiger partial charge >= 0.3 is 12.1 Å². The minimum absolute atomic E-state index is 0.145. The van der Waals surface area contributed by atoms with Crippen LogP contribution in [-0.2, 0) is 14.3 Å². The highest BCUT2D eigenvalue weighted by atomic mass is 16.7. The molecule has 1 saturated carbocycles. The molecule has 0 aromatic heterocycles. The number of aliphatic hydroxyl groups is 1. The van der Waals surface area contributed by atoms with Crippen LogP contribution in [0.25, 0.3) is 0 Å². The van der Waals surface area contributed by atoms with Crippen LogP contribution in [-0.4, -0.2) is 23.8 Å². The Balaban J connectivity index is 0.000000648. The van der Waals surface area contributed by atoms with E-state index >= 15 is 0 Å². The Labute approximate surface area is 156 Å². The summed E-state index contributed by atoms with van der Waals surface area (Å²) in [4.78, 5) is 22.5. The summed E-state index contributed by atoms with van der Waals surface area (Å²) >= 11 is 0. The molecule has 144 valence electrons. The van der Waals surface area contributed by atoms with Gasteiger partial charge in [0.05, 0.1) is 6.61 Å². The third kappa shape index (κ3) is 11.3. The van der Waals surface area contributed by atoms with Crippen LogP contribution in [0.3, 0.4) is 0 Å². The number of terminal acetylenes is 1. The Hall–Kier alpha value is -2.32. The maximum Gasteiger partial charge on any atom is 0.516 e. The number of aliphatic hydroxyl groups excluding tert-OH is 1. The van der Waals surface area contributed by atoms with Gasteiger partial charge in [0.1, 0.15) is 0 Å². The molecule has 1 aliphatic rings. The molecule has 26 heavy (non-hydrogen) atoms. The second-order valence-electron chi connectivity index (χ2n) is 6.31. The van der Waals surface area contributed by atoms with Crippen LogP contribution < -0.4 is 0 Å². The first-order valence-corrected chi connectivity index (χ1v) is 8.95. The van der Waals surface area contributed by atoms with E-state index in [2.05, 4.69) is 22.3 Å². The molecule has 0 unspecified atom stereocenters. The van der Waals surface area contributed by atoms with Gasteiger partial charge in [0.25, 0.3) is 0 Å². The first-order chi connectivity index (χ1) is 12.5. The lowest BCUT2D eigenvalue weighted by molar-refractivity contribution is -0.149. The number of rotatable bonds is 4. The van der Waals surface area contributed by atoms with Gasteiger partial charge in [0, 0.05) is 0 Å². The smallest absolute Gasteiger partial charge is 0.434 e. The fourth-order valence-corrected chi connectivity index (χ4v) is 2.23. The van der Waals surface area contributed by atoms with Crippen LogP contribution in [0.5, 0.6) is 0 Å². The molecular formula is C21H30O5. The highest BCUT2D eigenvalue weighted by Gasteiger charge is 2.22. The number of hydrogen-bond acceptors (Lipinski definition) is 5. The largest absolute Gasteiger partial charge is 0.516 e. The zero-order valence-electron chi connectivity index (χ0n) is 15.7. The molecule has 1 aromatic rings. The summed E-state index contributed by atoms with van der Waals surface area (Å²) in [5, 5.41) is 9.63. The molecule has 0 amide bonds. The maximum absolute atomic E-state index is 11.4. The standard InChI is InChI=1S/C13H16O5.C6H12.C2H2/c1-9(2)8-17-13(16)18-12(15)11(14)10-6-4-3-5-7-10;1-2-4-6-5-3-1;1-2/h3-7,9,11,14H,8H2,1-2H3;1-6H2;1-2H/t11-;;/m0../s1. The summed E-state index contributed by atoms with van der Waals surface area (Å²) in [6, 6.07) is 8.21. The van der Waals surface area contributed by atoms with E-state index in [9.17, 15) is 14.7 Å². The summed E-state index contributed by atoms with van der Waals surface area (Å²) in [6.07, 6.45) is 14.4. The average Bonchev–Trinajstić information content (AvgIpc) is 2.70. The van der Waals surface area contributed by atoms with E-state index in [-0.39, 0.29) is 12.5 Å². The second-order valence-corrected chi connectivity index (χ2v) is 6.31. The number of esters is 1. The van der Waals surface area contributed by atoms with E-state index in [4.69, 9.17) is 0 Å². The first kappa shape index (κ1) is 23.7. The number of ether oxygens (including phenoxy) is 2. The average molecular weight is 362 g/mol. The van der Waals surface area contributed by atoms with Crippen LogP contribution in [0.4, 0.5) is 4.79 Å². The van der Waals surface area contributed by atoms with Gasteiger partial charge in [-0.25, -0.2) is 9.59 Å². The first-order valence-electron chi connectivity index (χ1n) is 8.95. The van der Waals surface area contributed by atoms with E-state index in [0.717, 1.165) is 0 Å². The van der Waals surface area contributed by atoms with Gasteiger partial charge in [-0.15, -0.1) is 12.8 Å². The molecule has 1 fully saturated rings. The highest BCUT2D eigenvalue weighted by Crippen LogP contribution is 2.15. The van der Waals surface area contributed by atoms with E-state index < -0.39 is 18.2 Å². The van der Waals surface area contributed by atoms with Gasteiger partial charge in [-0.1, -0.05) is 82.7 Å². The Morgan fingerprint density at radius 3 is 1.88 bits per heavy atom. The molecule has 0 spiro atoms. The highest BCUT2D eigenvalue weighted by molar-refractivity contribution is 5.85. The molecule has 1 atom stereocenters. The van der Waals surface area contributed by atoms with Crippen molar-refractivity contribution in [1.82, 2.24) is 0 Å². The zero-order chi connectivity index (χ0) is 19.8. The van der Waals surface area contributed by atoms with Crippen molar-refractivity contribution in [1.29, 1.82) is 0 Å². The lowest BCUT2D eigenvalue weighted by Crippen LogP contribution is -2.21. The van der Waals surface area contributed by atoms with Crippen LogP contribution in [0, 0.1) is 18.8 Å². The number of carbonyl (C=O) groups excluding carboxylic acids is 2. The lowest BCUT2D eigenvalue weighted by atomic mass is 10.0. The van der Waals surface area contributed by atoms with Crippen LogP contribution in [0.1, 0.15) is 64.0 Å². The SMILES string of the molecule is C#C.C1CCCCC1.CC(C)COC(=O)OC(=O)[C@@H](O)c1ccccc1. The van der Waals surface area contributed by atoms with Gasteiger partial charge in [0.2, 0.25) is 0 Å². The fourth-order valence-electron chi connectivity index (χ4n) is 2.23. The number of benzene rings is 1. The minimum atomic E-state index is -1.49. The van der Waals surface area contributed by atoms with Crippen molar-refractivity contribution in [3.63, 3.8) is 0 Å². The fraction of sp³-hybridized carbons (Fsp3) is 0.524. The van der Waals surface area contributed by atoms with Crippen molar-refractivity contribution in [2.75, 3.05) is 6.61 Å². The van der Waals surface area contributed by atoms with Gasteiger partial charge in [-0.05, 0) is 11.5 Å². The monoisotopic (exact) mass is 362 g/mol. The summed E-state index contributed by atoms with van der Waals surface area (Å²) in [5.74, 6) is -0.901. The van der Waals surface area contributed by atoms with Crippen molar-refractivity contribution in [2.24, 2.45) is 5.92 Å². The van der Waals surface area contributed by atoms with Crippen LogP contribution in [0.15, 0.2) is 30.3 Å². The molecule has 5 nitrogen and oxygen atoms in total. The minimum Gasteiger partial charge on any atom is -0.434 e. The third-order valence-corrected chi connectivity index (χ3v) is 3.56. The van der Waals surface area contributed by atoms with Crippen molar-refractivity contribution < 1.29 is 24.2 Å². The summed E-state index contributed by atoms with van der Waals surface area (Å²) in [6.45, 7) is 3.87. The topological polar surface area (TPSA) is 72.8 Å². The molecule has 0 aliphatic heterocycles. The molecular weight excluding hydrogens is 332 g/mol. The van der Waals surface area contributed by atoms with Gasteiger partial charge in [-0.2, -0.15) is 0 Å². The zero-order valence-corrected chi connectivity index (χ0v) is 15.7. The van der Waals surface area contributed by atoms with E-state index in [1.165, 1.54) is 38.5 Å². The van der Waals surface area contributed by atoms with Crippen molar-refractivity contribution in [2.45, 2.75) is 58.5 Å². The molecule has 1 aliphatic carbocycles. The molecule has 1 aromatic carbocycles. The van der Waals surface area contributed by atoms with E-state index in [0.29, 0.717) is 5.56 Å². The Kier molecular flexibility index (Phi) is 13.6. The summed E-state index contributed by atoms with van der Waals surface area (Å²) < 4.78 is 9.03. The van der Waals surface area contributed by atoms with Crippen LogP contribution >= 0.6 is 0 Å². The lowest BCUT2D eigenvalue weighted by Gasteiger charge is -2.10. The molecule has 0 saturated heterocycles. The van der Waals surface area contributed by atoms with Crippen molar-refractivity contribution >= 4 is 12.1 Å². The normalized spacial score (nSPS) is 13.9. The number of carbonyl (C=O) groups is 2. The summed E-state index contributed by atoms with van der Waals surface area (Å²) in [7, 11) is 0. The molecule has 2 rings (SSSR count). The van der Waals surface area contributed by atoms with Gasteiger partial charge in [0.15, 0.2) is 6.10 Å². The molecule has 0 bridgehead atoms. The quantitative estimate of drug-likeness (QED) is 0.480. The van der Waals surface area contributed by atoms with Crippen molar-refractivity contribution in [3.8, 4) is 12.8 Å². The predicted molar refractivity (Wildman–Crippen MR) is 101 cm³/mol. The van der Waals surface area contributed by atoms with Gasteiger partial charge < -0.3 is 14.6 Å². The van der Waals surface area contributed by atoms with E-state index in [1.54, 1.807) is 30.3 Å². The molecule has 0 radical (unpaired) electrons. The Morgan fingerprint density at radius 1 is 1.00 bits per heavy atom. The Bertz CT molecular complexity index is 506. The van der Waals surface area contributed by atoms with Gasteiger partial charge in [-0.3, -0.25) is 0 Å². The Morgan fingerprint density at radius 2 is 1.46 bits per heavy atom. The molecule has 5 heteroatoms. The number of hydrogen-bond donors (Lipinski definition) is 1. The third-order valence-electron chi connectivity index (χ3n) is 3.56. The predicted octanol–water partition coefficient (Wildman–Crippen LogP) is 4.65. The van der Waals surface area contributed by atoms with Crippen LogP contribution in [0.2, 0.25) is 0 Å².